The van der Waals surface area contributed by atoms with E-state index in [-0.39, 0.29) is 5.41 Å². The molecule has 1 heterocycles. The van der Waals surface area contributed by atoms with Gasteiger partial charge < -0.3 is 0 Å². The van der Waals surface area contributed by atoms with Crippen LogP contribution in [-0.2, 0) is 11.6 Å². The lowest BCUT2D eigenvalue weighted by Crippen LogP contribution is -2.13. The van der Waals surface area contributed by atoms with E-state index >= 15 is 0 Å². The summed E-state index contributed by atoms with van der Waals surface area (Å²) in [6.45, 7) is 6.06. The molecule has 0 atom stereocenters. The second-order valence-electron chi connectivity index (χ2n) is 6.56. The molecule has 0 saturated heterocycles. The van der Waals surface area contributed by atoms with E-state index < -0.39 is 12.0 Å². The number of hydrogen-bond acceptors (Lipinski definition) is 1. The molecule has 120 valence electrons. The number of fused-ring (bicyclic) bond motifs is 1. The molecule has 0 aliphatic rings. The standard InChI is InChI=1S/C18H17F3N2/c1-17(2,3)12-9-10-15-14(11-12)22-16(18(19,20)21)23(15)13-7-5-4-6-8-13/h4-11H,1-3H3. The average Bonchev–Trinajstić information content (AvgIpc) is 2.86. The molecule has 2 nitrogen and oxygen atoms in total. The largest absolute Gasteiger partial charge is 0.450 e. The number of nitrogens with zero attached hydrogens (tertiary/aromatic N) is 2. The van der Waals surface area contributed by atoms with E-state index in [4.69, 9.17) is 0 Å². The fourth-order valence-electron chi connectivity index (χ4n) is 2.58. The molecule has 0 fully saturated rings. The van der Waals surface area contributed by atoms with Crippen LogP contribution in [0.25, 0.3) is 16.7 Å². The summed E-state index contributed by atoms with van der Waals surface area (Å²) in [6, 6.07) is 13.8. The minimum Gasteiger partial charge on any atom is -0.289 e. The number of para-hydroxylation sites is 1. The van der Waals surface area contributed by atoms with Crippen molar-refractivity contribution in [3.8, 4) is 5.69 Å². The summed E-state index contributed by atoms with van der Waals surface area (Å²) in [5.41, 5.74) is 2.07. The third-order valence-corrected chi connectivity index (χ3v) is 3.79. The van der Waals surface area contributed by atoms with Crippen LogP contribution >= 0.6 is 0 Å². The smallest absolute Gasteiger partial charge is 0.289 e. The normalized spacial score (nSPS) is 12.8. The first kappa shape index (κ1) is 15.6. The highest BCUT2D eigenvalue weighted by atomic mass is 19.4. The predicted molar refractivity (Wildman–Crippen MR) is 84.8 cm³/mol. The van der Waals surface area contributed by atoms with Crippen molar-refractivity contribution < 1.29 is 13.2 Å². The average molecular weight is 318 g/mol. The van der Waals surface area contributed by atoms with Gasteiger partial charge in [0.15, 0.2) is 0 Å². The third kappa shape index (κ3) is 2.83. The van der Waals surface area contributed by atoms with E-state index in [0.717, 1.165) is 5.56 Å². The summed E-state index contributed by atoms with van der Waals surface area (Å²) < 4.78 is 41.4. The van der Waals surface area contributed by atoms with Crippen LogP contribution in [0.1, 0.15) is 32.2 Å². The van der Waals surface area contributed by atoms with Gasteiger partial charge in [-0.15, -0.1) is 0 Å². The highest BCUT2D eigenvalue weighted by Crippen LogP contribution is 2.35. The van der Waals surface area contributed by atoms with Gasteiger partial charge in [-0.2, -0.15) is 13.2 Å². The molecule has 0 aliphatic heterocycles. The fourth-order valence-corrected chi connectivity index (χ4v) is 2.58. The van der Waals surface area contributed by atoms with Gasteiger partial charge in [0.25, 0.3) is 0 Å². The molecule has 1 aromatic heterocycles. The molecule has 2 aromatic carbocycles. The number of benzene rings is 2. The number of alkyl halides is 3. The van der Waals surface area contributed by atoms with E-state index in [1.54, 1.807) is 42.5 Å². The fraction of sp³-hybridized carbons (Fsp3) is 0.278. The Bertz CT molecular complexity index is 840. The van der Waals surface area contributed by atoms with E-state index in [2.05, 4.69) is 4.98 Å². The van der Waals surface area contributed by atoms with Crippen LogP contribution in [0, 0.1) is 0 Å². The van der Waals surface area contributed by atoms with Gasteiger partial charge in [-0.1, -0.05) is 45.0 Å². The van der Waals surface area contributed by atoms with Gasteiger partial charge in [-0.05, 0) is 35.2 Å². The highest BCUT2D eigenvalue weighted by Gasteiger charge is 2.38. The lowest BCUT2D eigenvalue weighted by atomic mass is 9.87. The molecule has 0 aliphatic carbocycles. The Labute approximate surface area is 132 Å². The first-order valence-corrected chi connectivity index (χ1v) is 7.33. The van der Waals surface area contributed by atoms with Gasteiger partial charge in [-0.25, -0.2) is 4.98 Å². The predicted octanol–water partition coefficient (Wildman–Crippen LogP) is 5.34. The zero-order chi connectivity index (χ0) is 16.8. The van der Waals surface area contributed by atoms with Crippen molar-refractivity contribution in [2.75, 3.05) is 0 Å². The lowest BCUT2D eigenvalue weighted by Gasteiger charge is -2.18. The van der Waals surface area contributed by atoms with Gasteiger partial charge in [0.05, 0.1) is 11.0 Å². The van der Waals surface area contributed by atoms with Crippen molar-refractivity contribution >= 4 is 11.0 Å². The summed E-state index contributed by atoms with van der Waals surface area (Å²) in [5.74, 6) is -0.898. The van der Waals surface area contributed by atoms with Gasteiger partial charge in [-0.3, -0.25) is 4.57 Å². The quantitative estimate of drug-likeness (QED) is 0.592. The maximum Gasteiger partial charge on any atom is 0.450 e. The van der Waals surface area contributed by atoms with E-state index in [0.29, 0.717) is 16.7 Å². The van der Waals surface area contributed by atoms with Crippen molar-refractivity contribution in [2.24, 2.45) is 0 Å². The zero-order valence-corrected chi connectivity index (χ0v) is 13.1. The molecular formula is C18H17F3N2. The van der Waals surface area contributed by atoms with Gasteiger partial charge >= 0.3 is 6.18 Å². The number of rotatable bonds is 1. The minimum absolute atomic E-state index is 0.150. The lowest BCUT2D eigenvalue weighted by molar-refractivity contribution is -0.145. The second-order valence-corrected chi connectivity index (χ2v) is 6.56. The van der Waals surface area contributed by atoms with Crippen LogP contribution in [0.4, 0.5) is 13.2 Å². The van der Waals surface area contributed by atoms with Crippen LogP contribution in [0.15, 0.2) is 48.5 Å². The number of hydrogen-bond donors (Lipinski definition) is 0. The Morgan fingerprint density at radius 2 is 1.57 bits per heavy atom. The van der Waals surface area contributed by atoms with Gasteiger partial charge in [0.1, 0.15) is 0 Å². The van der Waals surface area contributed by atoms with Crippen LogP contribution in [0.3, 0.4) is 0 Å². The first-order valence-electron chi connectivity index (χ1n) is 7.33. The molecule has 0 unspecified atom stereocenters. The Morgan fingerprint density at radius 3 is 2.13 bits per heavy atom. The summed E-state index contributed by atoms with van der Waals surface area (Å²) >= 11 is 0. The van der Waals surface area contributed by atoms with Crippen molar-refractivity contribution in [1.82, 2.24) is 9.55 Å². The third-order valence-electron chi connectivity index (χ3n) is 3.79. The van der Waals surface area contributed by atoms with Crippen molar-refractivity contribution in [3.05, 3.63) is 59.9 Å². The molecule has 0 saturated carbocycles. The topological polar surface area (TPSA) is 17.8 Å². The van der Waals surface area contributed by atoms with Gasteiger partial charge in [0, 0.05) is 5.69 Å². The Morgan fingerprint density at radius 1 is 0.913 bits per heavy atom. The van der Waals surface area contributed by atoms with Crippen LogP contribution in [0.5, 0.6) is 0 Å². The zero-order valence-electron chi connectivity index (χ0n) is 13.1. The SMILES string of the molecule is CC(C)(C)c1ccc2c(c1)nc(C(F)(F)F)n2-c1ccccc1. The molecule has 3 aromatic rings. The number of halogens is 3. The number of imidazole rings is 1. The van der Waals surface area contributed by atoms with Crippen LogP contribution < -0.4 is 0 Å². The highest BCUT2D eigenvalue weighted by molar-refractivity contribution is 5.79. The van der Waals surface area contributed by atoms with Crippen LogP contribution in [0.2, 0.25) is 0 Å². The molecular weight excluding hydrogens is 301 g/mol. The molecule has 3 rings (SSSR count). The summed E-state index contributed by atoms with van der Waals surface area (Å²) in [5, 5.41) is 0. The Hall–Kier alpha value is -2.30. The van der Waals surface area contributed by atoms with Crippen molar-refractivity contribution in [2.45, 2.75) is 32.4 Å². The van der Waals surface area contributed by atoms with Crippen molar-refractivity contribution in [1.29, 1.82) is 0 Å². The maximum absolute atomic E-state index is 13.4. The van der Waals surface area contributed by atoms with E-state index in [1.807, 2.05) is 26.8 Å². The molecule has 0 N–H and O–H groups in total. The van der Waals surface area contributed by atoms with Crippen molar-refractivity contribution in [3.63, 3.8) is 0 Å². The second kappa shape index (κ2) is 5.11. The van der Waals surface area contributed by atoms with Crippen LogP contribution in [-0.4, -0.2) is 9.55 Å². The number of aromatic nitrogens is 2. The molecule has 0 radical (unpaired) electrons. The molecule has 0 amide bonds. The summed E-state index contributed by atoms with van der Waals surface area (Å²) in [7, 11) is 0. The minimum atomic E-state index is -4.52. The first-order chi connectivity index (χ1) is 10.7. The van der Waals surface area contributed by atoms with Gasteiger partial charge in [0.2, 0.25) is 5.82 Å². The summed E-state index contributed by atoms with van der Waals surface area (Å²) in [4.78, 5) is 3.87. The Balaban J connectivity index is 2.32. The Kier molecular flexibility index (Phi) is 3.47. The maximum atomic E-state index is 13.4. The molecule has 23 heavy (non-hydrogen) atoms. The monoisotopic (exact) mass is 318 g/mol. The summed E-state index contributed by atoms with van der Waals surface area (Å²) in [6.07, 6.45) is -4.52. The molecule has 5 heteroatoms. The molecule has 0 bridgehead atoms. The van der Waals surface area contributed by atoms with E-state index in [1.165, 1.54) is 4.57 Å². The van der Waals surface area contributed by atoms with E-state index in [9.17, 15) is 13.2 Å². The molecule has 0 spiro atoms.